The van der Waals surface area contributed by atoms with E-state index in [1.165, 1.54) is 6.20 Å². The van der Waals surface area contributed by atoms with Crippen LogP contribution >= 0.6 is 0 Å². The van der Waals surface area contributed by atoms with E-state index in [0.29, 0.717) is 12.2 Å². The summed E-state index contributed by atoms with van der Waals surface area (Å²) in [6, 6.07) is 14.9. The zero-order valence-corrected chi connectivity index (χ0v) is 15.9. The Morgan fingerprint density at radius 2 is 1.89 bits per heavy atom. The van der Waals surface area contributed by atoms with Crippen LogP contribution < -0.4 is 10.9 Å². The molecule has 144 valence electrons. The van der Waals surface area contributed by atoms with E-state index in [-0.39, 0.29) is 12.2 Å². The standard InChI is InChI=1S/C22H23N3O3/c1-14-6-8-16(9-7-14)19(10-11-26)24-21(27)18-13-23-20(25-22(18)28)17-5-3-4-15(2)12-17/h3-9,12-13,19,26H,10-11H2,1-2H3,(H,24,27)(H,23,25,28). The van der Waals surface area contributed by atoms with Gasteiger partial charge in [0.25, 0.3) is 11.5 Å². The van der Waals surface area contributed by atoms with Gasteiger partial charge in [0.2, 0.25) is 0 Å². The number of benzene rings is 2. The van der Waals surface area contributed by atoms with Gasteiger partial charge in [0.05, 0.1) is 6.04 Å². The van der Waals surface area contributed by atoms with Crippen molar-refractivity contribution >= 4 is 5.91 Å². The highest BCUT2D eigenvalue weighted by Gasteiger charge is 2.18. The van der Waals surface area contributed by atoms with E-state index in [2.05, 4.69) is 15.3 Å². The van der Waals surface area contributed by atoms with Gasteiger partial charge in [0.1, 0.15) is 11.4 Å². The third-order valence-corrected chi connectivity index (χ3v) is 4.54. The van der Waals surface area contributed by atoms with Gasteiger partial charge >= 0.3 is 0 Å². The van der Waals surface area contributed by atoms with Crippen LogP contribution in [0.5, 0.6) is 0 Å². The van der Waals surface area contributed by atoms with E-state index in [1.807, 2.05) is 62.4 Å². The first-order valence-electron chi connectivity index (χ1n) is 9.12. The quantitative estimate of drug-likeness (QED) is 0.615. The van der Waals surface area contributed by atoms with E-state index in [4.69, 9.17) is 0 Å². The Bertz CT molecular complexity index is 1030. The number of carbonyl (C=O) groups excluding carboxylic acids is 1. The fourth-order valence-corrected chi connectivity index (χ4v) is 2.98. The second-order valence-corrected chi connectivity index (χ2v) is 6.79. The molecule has 6 heteroatoms. The number of nitrogens with zero attached hydrogens (tertiary/aromatic N) is 1. The number of aromatic nitrogens is 2. The first-order chi connectivity index (χ1) is 13.5. The fraction of sp³-hybridized carbons (Fsp3) is 0.227. The number of nitrogens with one attached hydrogen (secondary N) is 2. The van der Waals surface area contributed by atoms with Gasteiger partial charge in [-0.2, -0.15) is 0 Å². The normalized spacial score (nSPS) is 11.8. The van der Waals surface area contributed by atoms with Crippen molar-refractivity contribution in [2.45, 2.75) is 26.3 Å². The third kappa shape index (κ3) is 4.53. The van der Waals surface area contributed by atoms with Crippen LogP contribution in [0.4, 0.5) is 0 Å². The number of H-pyrrole nitrogens is 1. The maximum absolute atomic E-state index is 12.6. The van der Waals surface area contributed by atoms with Crippen LogP contribution in [0.3, 0.4) is 0 Å². The van der Waals surface area contributed by atoms with Crippen LogP contribution in [-0.4, -0.2) is 27.6 Å². The number of aromatic amines is 1. The third-order valence-electron chi connectivity index (χ3n) is 4.54. The van der Waals surface area contributed by atoms with Crippen LogP contribution in [0.1, 0.15) is 39.5 Å². The molecule has 0 aliphatic rings. The number of aliphatic hydroxyl groups excluding tert-OH is 1. The first-order valence-corrected chi connectivity index (χ1v) is 9.12. The molecule has 3 rings (SSSR count). The molecule has 0 saturated heterocycles. The molecule has 2 aromatic carbocycles. The fourth-order valence-electron chi connectivity index (χ4n) is 2.98. The maximum Gasteiger partial charge on any atom is 0.264 e. The topological polar surface area (TPSA) is 95.1 Å². The smallest absolute Gasteiger partial charge is 0.264 e. The monoisotopic (exact) mass is 377 g/mol. The molecular weight excluding hydrogens is 354 g/mol. The second-order valence-electron chi connectivity index (χ2n) is 6.79. The van der Waals surface area contributed by atoms with Crippen LogP contribution in [0.25, 0.3) is 11.4 Å². The molecule has 1 unspecified atom stereocenters. The van der Waals surface area contributed by atoms with Crippen molar-refractivity contribution in [2.75, 3.05) is 6.61 Å². The summed E-state index contributed by atoms with van der Waals surface area (Å²) < 4.78 is 0. The number of amides is 1. The van der Waals surface area contributed by atoms with Gasteiger partial charge in [-0.25, -0.2) is 4.98 Å². The Hall–Kier alpha value is -3.25. The van der Waals surface area contributed by atoms with E-state index < -0.39 is 17.5 Å². The lowest BCUT2D eigenvalue weighted by molar-refractivity contribution is 0.0928. The molecular formula is C22H23N3O3. The van der Waals surface area contributed by atoms with Crippen molar-refractivity contribution in [1.29, 1.82) is 0 Å². The average Bonchev–Trinajstić information content (AvgIpc) is 2.68. The van der Waals surface area contributed by atoms with Gasteiger partial charge < -0.3 is 15.4 Å². The average molecular weight is 377 g/mol. The van der Waals surface area contributed by atoms with Crippen molar-refractivity contribution in [1.82, 2.24) is 15.3 Å². The van der Waals surface area contributed by atoms with Gasteiger partial charge in [0, 0.05) is 18.4 Å². The maximum atomic E-state index is 12.6. The summed E-state index contributed by atoms with van der Waals surface area (Å²) in [5.41, 5.74) is 3.23. The molecule has 0 radical (unpaired) electrons. The van der Waals surface area contributed by atoms with Crippen molar-refractivity contribution in [3.05, 3.63) is 87.3 Å². The molecule has 0 saturated carbocycles. The molecule has 0 bridgehead atoms. The van der Waals surface area contributed by atoms with Gasteiger partial charge in [-0.1, -0.05) is 53.6 Å². The molecule has 1 heterocycles. The largest absolute Gasteiger partial charge is 0.396 e. The number of carbonyl (C=O) groups is 1. The highest BCUT2D eigenvalue weighted by atomic mass is 16.3. The SMILES string of the molecule is Cc1ccc(C(CCO)NC(=O)c2cnc(-c3cccc(C)c3)[nH]c2=O)cc1. The molecule has 1 atom stereocenters. The van der Waals surface area contributed by atoms with Crippen molar-refractivity contribution in [3.63, 3.8) is 0 Å². The minimum atomic E-state index is -0.524. The summed E-state index contributed by atoms with van der Waals surface area (Å²) in [6.45, 7) is 3.85. The Labute approximate surface area is 163 Å². The summed E-state index contributed by atoms with van der Waals surface area (Å²) in [5, 5.41) is 12.2. The molecule has 0 aliphatic heterocycles. The van der Waals surface area contributed by atoms with Crippen molar-refractivity contribution < 1.29 is 9.90 Å². The van der Waals surface area contributed by atoms with Gasteiger partial charge in [0.15, 0.2) is 0 Å². The number of aryl methyl sites for hydroxylation is 2. The molecule has 3 aromatic rings. The molecule has 0 spiro atoms. The van der Waals surface area contributed by atoms with Gasteiger partial charge in [-0.3, -0.25) is 9.59 Å². The van der Waals surface area contributed by atoms with Gasteiger partial charge in [-0.05, 0) is 31.9 Å². The van der Waals surface area contributed by atoms with Crippen LogP contribution in [0, 0.1) is 13.8 Å². The predicted octanol–water partition coefficient (Wildman–Crippen LogP) is 2.91. The Morgan fingerprint density at radius 3 is 2.54 bits per heavy atom. The Balaban J connectivity index is 1.83. The predicted molar refractivity (Wildman–Crippen MR) is 108 cm³/mol. The minimum Gasteiger partial charge on any atom is -0.396 e. The minimum absolute atomic E-state index is 0.0635. The van der Waals surface area contributed by atoms with Crippen LogP contribution in [-0.2, 0) is 0 Å². The lowest BCUT2D eigenvalue weighted by Crippen LogP contribution is -2.33. The van der Waals surface area contributed by atoms with E-state index in [1.54, 1.807) is 0 Å². The van der Waals surface area contributed by atoms with Crippen molar-refractivity contribution in [3.8, 4) is 11.4 Å². The highest BCUT2D eigenvalue weighted by Crippen LogP contribution is 2.18. The molecule has 0 fully saturated rings. The Kier molecular flexibility index (Phi) is 6.01. The Morgan fingerprint density at radius 1 is 1.14 bits per heavy atom. The van der Waals surface area contributed by atoms with Gasteiger partial charge in [-0.15, -0.1) is 0 Å². The molecule has 1 amide bonds. The number of rotatable bonds is 6. The molecule has 6 nitrogen and oxygen atoms in total. The highest BCUT2D eigenvalue weighted by molar-refractivity contribution is 5.93. The van der Waals surface area contributed by atoms with Crippen LogP contribution in [0.2, 0.25) is 0 Å². The van der Waals surface area contributed by atoms with E-state index in [9.17, 15) is 14.7 Å². The number of hydrogen-bond donors (Lipinski definition) is 3. The molecule has 3 N–H and O–H groups in total. The molecule has 28 heavy (non-hydrogen) atoms. The molecule has 0 aliphatic carbocycles. The molecule has 1 aromatic heterocycles. The lowest BCUT2D eigenvalue weighted by Gasteiger charge is -2.18. The lowest BCUT2D eigenvalue weighted by atomic mass is 10.0. The number of hydrogen-bond acceptors (Lipinski definition) is 4. The summed E-state index contributed by atoms with van der Waals surface area (Å²) in [7, 11) is 0. The summed E-state index contributed by atoms with van der Waals surface area (Å²) in [5.74, 6) is -0.112. The van der Waals surface area contributed by atoms with E-state index >= 15 is 0 Å². The first kappa shape index (κ1) is 19.5. The van der Waals surface area contributed by atoms with E-state index in [0.717, 1.165) is 22.3 Å². The zero-order valence-electron chi connectivity index (χ0n) is 15.9. The summed E-state index contributed by atoms with van der Waals surface area (Å²) in [6.07, 6.45) is 1.64. The second kappa shape index (κ2) is 8.63. The van der Waals surface area contributed by atoms with Crippen molar-refractivity contribution in [2.24, 2.45) is 0 Å². The summed E-state index contributed by atoms with van der Waals surface area (Å²) >= 11 is 0. The zero-order chi connectivity index (χ0) is 20.1. The van der Waals surface area contributed by atoms with Crippen LogP contribution in [0.15, 0.2) is 59.5 Å². The number of aliphatic hydroxyl groups is 1. The summed E-state index contributed by atoms with van der Waals surface area (Å²) in [4.78, 5) is 32.0.